The fraction of sp³-hybridized carbons (Fsp3) is 0.438. The minimum atomic E-state index is -0.253. The van der Waals surface area contributed by atoms with E-state index in [4.69, 9.17) is 5.11 Å². The van der Waals surface area contributed by atoms with Crippen LogP contribution in [0, 0.1) is 17.7 Å². The summed E-state index contributed by atoms with van der Waals surface area (Å²) < 4.78 is 12.8. The quantitative estimate of drug-likeness (QED) is 0.627. The van der Waals surface area contributed by atoms with Crippen LogP contribution < -0.4 is 5.32 Å². The molecule has 0 radical (unpaired) electrons. The molecule has 1 unspecified atom stereocenters. The number of amides is 1. The van der Waals surface area contributed by atoms with E-state index in [1.807, 2.05) is 19.1 Å². The molecule has 5 heteroatoms. The normalized spacial score (nSPS) is 22.2. The summed E-state index contributed by atoms with van der Waals surface area (Å²) in [7, 11) is 0. The summed E-state index contributed by atoms with van der Waals surface area (Å²) in [6.45, 7) is 2.01. The third-order valence-electron chi connectivity index (χ3n) is 3.50. The minimum Gasteiger partial charge on any atom is -0.396 e. The molecule has 0 saturated carbocycles. The second kappa shape index (κ2) is 7.61. The van der Waals surface area contributed by atoms with Gasteiger partial charge in [-0.05, 0) is 30.7 Å². The van der Waals surface area contributed by atoms with Crippen molar-refractivity contribution in [3.63, 3.8) is 0 Å². The summed E-state index contributed by atoms with van der Waals surface area (Å²) in [5.74, 6) is 0.437. The molecule has 2 rings (SSSR count). The Morgan fingerprint density at radius 1 is 1.43 bits per heavy atom. The molecule has 1 aromatic carbocycles. The van der Waals surface area contributed by atoms with Crippen LogP contribution in [0.4, 0.5) is 4.39 Å². The number of carbonyl (C=O) groups is 1. The number of aliphatic hydroxyl groups is 1. The van der Waals surface area contributed by atoms with Crippen LogP contribution >= 0.6 is 11.8 Å². The highest BCUT2D eigenvalue weighted by atomic mass is 32.2. The lowest BCUT2D eigenvalue weighted by Gasteiger charge is -2.16. The van der Waals surface area contributed by atoms with E-state index in [-0.39, 0.29) is 36.2 Å². The average Bonchev–Trinajstić information content (AvgIpc) is 2.94. The van der Waals surface area contributed by atoms with Gasteiger partial charge in [-0.25, -0.2) is 4.39 Å². The number of hydrogen-bond acceptors (Lipinski definition) is 3. The number of hydrogen-bond donors (Lipinski definition) is 2. The molecule has 0 fully saturated rings. The molecular formula is C16H20FNO2S. The number of nitrogens with one attached hydrogen (secondary N) is 1. The smallest absolute Gasteiger partial charge is 0.224 e. The molecule has 0 aliphatic heterocycles. The molecule has 21 heavy (non-hydrogen) atoms. The van der Waals surface area contributed by atoms with Gasteiger partial charge >= 0.3 is 0 Å². The van der Waals surface area contributed by atoms with Crippen molar-refractivity contribution in [2.75, 3.05) is 12.4 Å². The van der Waals surface area contributed by atoms with Crippen molar-refractivity contribution >= 4 is 17.7 Å². The molecule has 0 aromatic heterocycles. The first-order valence-electron chi connectivity index (χ1n) is 7.06. The Hall–Kier alpha value is -1.33. The Morgan fingerprint density at radius 2 is 2.14 bits per heavy atom. The van der Waals surface area contributed by atoms with Crippen molar-refractivity contribution in [2.24, 2.45) is 11.8 Å². The summed E-state index contributed by atoms with van der Waals surface area (Å²) in [5, 5.41) is 12.0. The number of aliphatic hydroxyl groups excluding tert-OH is 1. The van der Waals surface area contributed by atoms with Crippen molar-refractivity contribution < 1.29 is 14.3 Å². The van der Waals surface area contributed by atoms with E-state index in [1.54, 1.807) is 23.9 Å². The van der Waals surface area contributed by atoms with E-state index in [9.17, 15) is 9.18 Å². The summed E-state index contributed by atoms with van der Waals surface area (Å²) in [6.07, 6.45) is 4.65. The third-order valence-corrected chi connectivity index (χ3v) is 4.77. The fourth-order valence-electron chi connectivity index (χ4n) is 2.17. The van der Waals surface area contributed by atoms with Gasteiger partial charge in [0.25, 0.3) is 0 Å². The Bertz CT molecular complexity index is 504. The molecule has 0 bridgehead atoms. The Balaban J connectivity index is 1.75. The molecule has 1 aliphatic carbocycles. The van der Waals surface area contributed by atoms with E-state index >= 15 is 0 Å². The first-order chi connectivity index (χ1) is 10.1. The fourth-order valence-corrected chi connectivity index (χ4v) is 3.09. The van der Waals surface area contributed by atoms with Gasteiger partial charge in [-0.1, -0.05) is 19.1 Å². The SMILES string of the molecule is CC(CSc1ccc(F)cc1)C(=O)N[C@@H]1C=C[C@H](CO)C1. The lowest BCUT2D eigenvalue weighted by Crippen LogP contribution is -2.37. The van der Waals surface area contributed by atoms with Gasteiger partial charge in [0, 0.05) is 35.1 Å². The molecule has 0 heterocycles. The average molecular weight is 309 g/mol. The van der Waals surface area contributed by atoms with Gasteiger partial charge in [0.1, 0.15) is 5.82 Å². The van der Waals surface area contributed by atoms with Crippen LogP contribution in [0.5, 0.6) is 0 Å². The first-order valence-corrected chi connectivity index (χ1v) is 8.05. The van der Waals surface area contributed by atoms with Gasteiger partial charge in [0.2, 0.25) is 5.91 Å². The van der Waals surface area contributed by atoms with Gasteiger partial charge in [-0.2, -0.15) is 0 Å². The highest BCUT2D eigenvalue weighted by Gasteiger charge is 2.22. The number of benzene rings is 1. The number of carbonyl (C=O) groups excluding carboxylic acids is 1. The van der Waals surface area contributed by atoms with Crippen LogP contribution in [-0.2, 0) is 4.79 Å². The second-order valence-electron chi connectivity index (χ2n) is 5.34. The number of thioether (sulfide) groups is 1. The summed E-state index contributed by atoms with van der Waals surface area (Å²) >= 11 is 1.54. The Labute approximate surface area is 128 Å². The molecular weight excluding hydrogens is 289 g/mol. The molecule has 1 aliphatic rings. The van der Waals surface area contributed by atoms with Crippen LogP contribution in [0.1, 0.15) is 13.3 Å². The predicted molar refractivity (Wildman–Crippen MR) is 82.6 cm³/mol. The van der Waals surface area contributed by atoms with Crippen molar-refractivity contribution in [2.45, 2.75) is 24.3 Å². The predicted octanol–water partition coefficient (Wildman–Crippen LogP) is 2.61. The summed E-state index contributed by atoms with van der Waals surface area (Å²) in [4.78, 5) is 13.0. The monoisotopic (exact) mass is 309 g/mol. The van der Waals surface area contributed by atoms with Crippen molar-refractivity contribution in [3.8, 4) is 0 Å². The standard InChI is InChI=1S/C16H20FNO2S/c1-11(10-21-15-6-3-13(17)4-7-15)16(20)18-14-5-2-12(8-14)9-19/h2-7,11-12,14,19H,8-10H2,1H3,(H,18,20)/t11?,12-,14+/m0/s1. The minimum absolute atomic E-state index is 0.0119. The van der Waals surface area contributed by atoms with Gasteiger partial charge in [0.05, 0.1) is 0 Å². The zero-order valence-electron chi connectivity index (χ0n) is 12.0. The van der Waals surface area contributed by atoms with Crippen molar-refractivity contribution in [1.29, 1.82) is 0 Å². The Kier molecular flexibility index (Phi) is 5.82. The van der Waals surface area contributed by atoms with E-state index < -0.39 is 0 Å². The summed E-state index contributed by atoms with van der Waals surface area (Å²) in [6, 6.07) is 6.30. The maximum atomic E-state index is 12.8. The highest BCUT2D eigenvalue weighted by Crippen LogP contribution is 2.22. The van der Waals surface area contributed by atoms with Crippen molar-refractivity contribution in [3.05, 3.63) is 42.2 Å². The summed E-state index contributed by atoms with van der Waals surface area (Å²) in [5.41, 5.74) is 0. The van der Waals surface area contributed by atoms with E-state index in [0.29, 0.717) is 5.75 Å². The molecule has 0 spiro atoms. The first kappa shape index (κ1) is 16.0. The second-order valence-corrected chi connectivity index (χ2v) is 6.44. The van der Waals surface area contributed by atoms with Gasteiger partial charge in [0.15, 0.2) is 0 Å². The van der Waals surface area contributed by atoms with Crippen LogP contribution in [0.15, 0.2) is 41.3 Å². The van der Waals surface area contributed by atoms with E-state index in [2.05, 4.69) is 5.32 Å². The molecule has 3 nitrogen and oxygen atoms in total. The van der Waals surface area contributed by atoms with Crippen LogP contribution in [0.3, 0.4) is 0 Å². The zero-order chi connectivity index (χ0) is 15.2. The molecule has 2 N–H and O–H groups in total. The molecule has 0 saturated heterocycles. The molecule has 1 aromatic rings. The molecule has 1 amide bonds. The highest BCUT2D eigenvalue weighted by molar-refractivity contribution is 7.99. The molecule has 3 atom stereocenters. The molecule has 114 valence electrons. The lowest BCUT2D eigenvalue weighted by atomic mass is 10.1. The van der Waals surface area contributed by atoms with Crippen LogP contribution in [0.25, 0.3) is 0 Å². The maximum Gasteiger partial charge on any atom is 0.224 e. The number of halogens is 1. The van der Waals surface area contributed by atoms with E-state index in [1.165, 1.54) is 12.1 Å². The maximum absolute atomic E-state index is 12.8. The Morgan fingerprint density at radius 3 is 2.76 bits per heavy atom. The van der Waals surface area contributed by atoms with Gasteiger partial charge in [-0.15, -0.1) is 11.8 Å². The lowest BCUT2D eigenvalue weighted by molar-refractivity contribution is -0.124. The van der Waals surface area contributed by atoms with Crippen LogP contribution in [0.2, 0.25) is 0 Å². The van der Waals surface area contributed by atoms with Gasteiger partial charge in [-0.3, -0.25) is 4.79 Å². The topological polar surface area (TPSA) is 49.3 Å². The van der Waals surface area contributed by atoms with Crippen LogP contribution in [-0.4, -0.2) is 29.4 Å². The van der Waals surface area contributed by atoms with E-state index in [0.717, 1.165) is 11.3 Å². The number of rotatable bonds is 6. The van der Waals surface area contributed by atoms with Crippen molar-refractivity contribution in [1.82, 2.24) is 5.32 Å². The largest absolute Gasteiger partial charge is 0.396 e. The third kappa shape index (κ3) is 4.86. The van der Waals surface area contributed by atoms with Gasteiger partial charge < -0.3 is 10.4 Å². The zero-order valence-corrected chi connectivity index (χ0v) is 12.8.